The lowest BCUT2D eigenvalue weighted by atomic mass is 10.1. The molecule has 0 aliphatic heterocycles. The highest BCUT2D eigenvalue weighted by molar-refractivity contribution is 6.31. The van der Waals surface area contributed by atoms with Gasteiger partial charge in [0.1, 0.15) is 17.3 Å². The van der Waals surface area contributed by atoms with Crippen molar-refractivity contribution in [1.82, 2.24) is 19.6 Å². The Morgan fingerprint density at radius 3 is 2.67 bits per heavy atom. The van der Waals surface area contributed by atoms with Gasteiger partial charge in [-0.1, -0.05) is 23.7 Å². The van der Waals surface area contributed by atoms with E-state index in [1.54, 1.807) is 28.9 Å². The lowest BCUT2D eigenvalue weighted by Crippen LogP contribution is -1.99. The van der Waals surface area contributed by atoms with Gasteiger partial charge in [0.05, 0.1) is 5.02 Å². The molecule has 0 saturated heterocycles. The van der Waals surface area contributed by atoms with Crippen molar-refractivity contribution < 1.29 is 4.39 Å². The number of rotatable bonds is 2. The van der Waals surface area contributed by atoms with Crippen LogP contribution < -0.4 is 5.73 Å². The molecule has 7 heteroatoms. The smallest absolute Gasteiger partial charge is 0.200 e. The highest BCUT2D eigenvalue weighted by Crippen LogP contribution is 2.28. The number of nitrogens with zero attached hydrogens (tertiary/aromatic N) is 4. The van der Waals surface area contributed by atoms with E-state index in [0.29, 0.717) is 23.0 Å². The van der Waals surface area contributed by atoms with E-state index >= 15 is 0 Å². The van der Waals surface area contributed by atoms with Gasteiger partial charge >= 0.3 is 0 Å². The first-order chi connectivity index (χ1) is 11.6. The van der Waals surface area contributed by atoms with Crippen LogP contribution in [0.25, 0.3) is 28.3 Å². The summed E-state index contributed by atoms with van der Waals surface area (Å²) in [5.74, 6) is 0.434. The van der Waals surface area contributed by atoms with Crippen LogP contribution >= 0.6 is 11.6 Å². The summed E-state index contributed by atoms with van der Waals surface area (Å²) in [6.07, 6.45) is 1.68. The number of halogens is 2. The van der Waals surface area contributed by atoms with E-state index < -0.39 is 5.82 Å². The summed E-state index contributed by atoms with van der Waals surface area (Å²) in [4.78, 5) is 8.71. The lowest BCUT2D eigenvalue weighted by Gasteiger charge is -2.05. The van der Waals surface area contributed by atoms with Crippen LogP contribution in [-0.2, 0) is 0 Å². The molecule has 0 fully saturated rings. The van der Waals surface area contributed by atoms with Gasteiger partial charge < -0.3 is 5.73 Å². The molecule has 0 saturated carbocycles. The van der Waals surface area contributed by atoms with Gasteiger partial charge in [0, 0.05) is 6.20 Å². The van der Waals surface area contributed by atoms with Crippen molar-refractivity contribution in [2.75, 3.05) is 5.73 Å². The molecule has 0 radical (unpaired) electrons. The van der Waals surface area contributed by atoms with Gasteiger partial charge in [-0.05, 0) is 47.5 Å². The number of hydrogen-bond donors (Lipinski definition) is 1. The first-order valence-electron chi connectivity index (χ1n) is 7.15. The zero-order chi connectivity index (χ0) is 16.7. The van der Waals surface area contributed by atoms with Crippen molar-refractivity contribution in [3.05, 3.63) is 65.6 Å². The second kappa shape index (κ2) is 5.58. The maximum absolute atomic E-state index is 13.3. The molecule has 0 unspecified atom stereocenters. The Morgan fingerprint density at radius 2 is 1.92 bits per heavy atom. The molecule has 4 aromatic rings. The minimum atomic E-state index is -0.464. The van der Waals surface area contributed by atoms with Crippen LogP contribution in [0.5, 0.6) is 0 Å². The topological polar surface area (TPSA) is 69.1 Å². The van der Waals surface area contributed by atoms with Crippen LogP contribution in [0.2, 0.25) is 5.02 Å². The minimum absolute atomic E-state index is 0.0570. The summed E-state index contributed by atoms with van der Waals surface area (Å²) in [5, 5.41) is 4.44. The van der Waals surface area contributed by atoms with E-state index in [1.165, 1.54) is 6.07 Å². The molecule has 5 nitrogen and oxygen atoms in total. The molecular weight excluding hydrogens is 329 g/mol. The molecule has 1 aromatic carbocycles. The highest BCUT2D eigenvalue weighted by atomic mass is 35.5. The maximum Gasteiger partial charge on any atom is 0.200 e. The van der Waals surface area contributed by atoms with Crippen LogP contribution in [0.4, 0.5) is 10.2 Å². The third kappa shape index (κ3) is 2.47. The van der Waals surface area contributed by atoms with Crippen molar-refractivity contribution in [1.29, 1.82) is 0 Å². The molecule has 3 aromatic heterocycles. The highest BCUT2D eigenvalue weighted by Gasteiger charge is 2.12. The number of hydrogen-bond acceptors (Lipinski definition) is 4. The summed E-state index contributed by atoms with van der Waals surface area (Å²) < 4.78 is 14.9. The zero-order valence-corrected chi connectivity index (χ0v) is 13.1. The van der Waals surface area contributed by atoms with Gasteiger partial charge in [0.25, 0.3) is 0 Å². The Bertz CT molecular complexity index is 1050. The number of fused-ring (bicyclic) bond motifs is 1. The quantitative estimate of drug-likeness (QED) is 0.602. The van der Waals surface area contributed by atoms with Gasteiger partial charge in [-0.25, -0.2) is 9.37 Å². The normalized spacial score (nSPS) is 11.1. The summed E-state index contributed by atoms with van der Waals surface area (Å²) in [5.41, 5.74) is 8.85. The van der Waals surface area contributed by atoms with Crippen molar-refractivity contribution in [2.24, 2.45) is 0 Å². The molecule has 3 heterocycles. The Kier molecular flexibility index (Phi) is 3.39. The van der Waals surface area contributed by atoms with Crippen LogP contribution in [-0.4, -0.2) is 19.6 Å². The number of nitrogens with two attached hydrogens (primary N) is 1. The summed E-state index contributed by atoms with van der Waals surface area (Å²) in [6, 6.07) is 13.6. The van der Waals surface area contributed by atoms with Gasteiger partial charge in [-0.15, -0.1) is 5.10 Å². The molecular formula is C17H11ClFN5. The van der Waals surface area contributed by atoms with Crippen molar-refractivity contribution in [3.8, 4) is 22.6 Å². The van der Waals surface area contributed by atoms with E-state index in [0.717, 1.165) is 11.1 Å². The summed E-state index contributed by atoms with van der Waals surface area (Å²) in [6.45, 7) is 0. The standard InChI is InChI=1S/C17H11ClFN5/c18-12-7-10(4-5-13(12)19)11-8-15(20)24-16(9-11)22-17(23-24)14-3-1-2-6-21-14/h1-9H,20H2. The monoisotopic (exact) mass is 339 g/mol. The van der Waals surface area contributed by atoms with E-state index in [1.807, 2.05) is 24.3 Å². The molecule has 0 aliphatic rings. The number of benzene rings is 1. The zero-order valence-electron chi connectivity index (χ0n) is 12.3. The molecule has 0 amide bonds. The SMILES string of the molecule is Nc1cc(-c2ccc(F)c(Cl)c2)cc2nc(-c3ccccn3)nn12. The van der Waals surface area contributed by atoms with Gasteiger partial charge in [-0.2, -0.15) is 4.52 Å². The fourth-order valence-corrected chi connectivity index (χ4v) is 2.64. The van der Waals surface area contributed by atoms with Crippen molar-refractivity contribution in [2.45, 2.75) is 0 Å². The molecule has 2 N–H and O–H groups in total. The Morgan fingerprint density at radius 1 is 1.04 bits per heavy atom. The Hall–Kier alpha value is -2.99. The first-order valence-corrected chi connectivity index (χ1v) is 7.53. The lowest BCUT2D eigenvalue weighted by molar-refractivity contribution is 0.628. The van der Waals surface area contributed by atoms with Gasteiger partial charge in [0.2, 0.25) is 5.82 Å². The van der Waals surface area contributed by atoms with E-state index in [-0.39, 0.29) is 5.02 Å². The number of nitrogen functional groups attached to an aromatic ring is 1. The summed E-state index contributed by atoms with van der Waals surface area (Å²) >= 11 is 5.86. The molecule has 0 aliphatic carbocycles. The number of aromatic nitrogens is 4. The van der Waals surface area contributed by atoms with Crippen LogP contribution in [0.15, 0.2) is 54.7 Å². The number of anilines is 1. The molecule has 118 valence electrons. The van der Waals surface area contributed by atoms with Crippen LogP contribution in [0.1, 0.15) is 0 Å². The molecule has 0 atom stereocenters. The Labute approximate surface area is 141 Å². The maximum atomic E-state index is 13.3. The summed E-state index contributed by atoms with van der Waals surface area (Å²) in [7, 11) is 0. The van der Waals surface area contributed by atoms with E-state index in [2.05, 4.69) is 15.1 Å². The third-order valence-electron chi connectivity index (χ3n) is 3.61. The predicted molar refractivity (Wildman–Crippen MR) is 91.0 cm³/mol. The largest absolute Gasteiger partial charge is 0.384 e. The van der Waals surface area contributed by atoms with Gasteiger partial charge in [0.15, 0.2) is 5.65 Å². The fraction of sp³-hybridized carbons (Fsp3) is 0. The Balaban J connectivity index is 1.86. The fourth-order valence-electron chi connectivity index (χ4n) is 2.45. The predicted octanol–water partition coefficient (Wildman–Crippen LogP) is 3.83. The van der Waals surface area contributed by atoms with Crippen LogP contribution in [0, 0.1) is 5.82 Å². The minimum Gasteiger partial charge on any atom is -0.384 e. The average molecular weight is 340 g/mol. The second-order valence-corrected chi connectivity index (χ2v) is 5.63. The molecule has 4 rings (SSSR count). The average Bonchev–Trinajstić information content (AvgIpc) is 3.03. The molecule has 0 bridgehead atoms. The molecule has 0 spiro atoms. The van der Waals surface area contributed by atoms with Crippen molar-refractivity contribution in [3.63, 3.8) is 0 Å². The van der Waals surface area contributed by atoms with Gasteiger partial charge in [-0.3, -0.25) is 4.98 Å². The van der Waals surface area contributed by atoms with Crippen molar-refractivity contribution >= 4 is 23.1 Å². The third-order valence-corrected chi connectivity index (χ3v) is 3.90. The number of pyridine rings is 2. The molecule has 24 heavy (non-hydrogen) atoms. The van der Waals surface area contributed by atoms with E-state index in [4.69, 9.17) is 17.3 Å². The first kappa shape index (κ1) is 14.6. The second-order valence-electron chi connectivity index (χ2n) is 5.22. The van der Waals surface area contributed by atoms with Crippen LogP contribution in [0.3, 0.4) is 0 Å². The van der Waals surface area contributed by atoms with E-state index in [9.17, 15) is 4.39 Å².